The monoisotopic (exact) mass is 373 g/mol. The van der Waals surface area contributed by atoms with Crippen molar-refractivity contribution in [1.29, 1.82) is 0 Å². The summed E-state index contributed by atoms with van der Waals surface area (Å²) in [7, 11) is 3.83. The molecule has 0 amide bonds. The molecule has 0 fully saturated rings. The van der Waals surface area contributed by atoms with Gasteiger partial charge in [-0.15, -0.1) is 0 Å². The van der Waals surface area contributed by atoms with E-state index in [1.54, 1.807) is 0 Å². The summed E-state index contributed by atoms with van der Waals surface area (Å²) < 4.78 is 10.9. The number of hydrogen-bond acceptors (Lipinski definition) is 4. The van der Waals surface area contributed by atoms with Gasteiger partial charge in [0, 0.05) is 0 Å². The molecule has 0 aromatic heterocycles. The number of carbonyl (C=O) groups is 1. The van der Waals surface area contributed by atoms with Crippen LogP contribution in [0, 0.1) is 0 Å². The fourth-order valence-electron chi connectivity index (χ4n) is 2.70. The number of likely N-dealkylation sites (N-methyl/N-ethyl adjacent to an activating group) is 1. The van der Waals surface area contributed by atoms with E-state index >= 15 is 0 Å². The second-order valence-electron chi connectivity index (χ2n) is 7.08. The first kappa shape index (κ1) is 23.1. The third kappa shape index (κ3) is 10.1. The number of esters is 1. The van der Waals surface area contributed by atoms with Crippen molar-refractivity contribution in [2.75, 3.05) is 27.3 Å². The number of nitrogens with zero attached hydrogens (tertiary/aromatic N) is 1. The smallest absolute Gasteiger partial charge is 0.323 e. The van der Waals surface area contributed by atoms with Crippen molar-refractivity contribution in [2.45, 2.75) is 52.7 Å². The molecule has 1 atom stereocenters. The Morgan fingerprint density at radius 3 is 2.44 bits per heavy atom. The van der Waals surface area contributed by atoms with Crippen molar-refractivity contribution in [3.05, 3.63) is 59.2 Å². The third-order valence-corrected chi connectivity index (χ3v) is 4.39. The third-order valence-electron chi connectivity index (χ3n) is 4.39. The zero-order chi connectivity index (χ0) is 20.1. The summed E-state index contributed by atoms with van der Waals surface area (Å²) in [6, 6.07) is 9.98. The molecule has 27 heavy (non-hydrogen) atoms. The van der Waals surface area contributed by atoms with Gasteiger partial charge < -0.3 is 9.47 Å². The standard InChI is InChI=1S/C23H35NO3/c1-6-27-23(25)22(24(4)5)17-20(3)12-10-11-19(2)15-16-26-18-21-13-8-7-9-14-21/h7-9,12-15,22H,6,10-11,16-18H2,1-5H3/b19-15+,20-12+. The molecule has 0 heterocycles. The molecule has 0 bridgehead atoms. The van der Waals surface area contributed by atoms with Crippen LogP contribution in [0.1, 0.15) is 45.6 Å². The molecule has 0 aliphatic carbocycles. The van der Waals surface area contributed by atoms with Crippen LogP contribution in [0.25, 0.3) is 0 Å². The molecule has 0 saturated carbocycles. The quantitative estimate of drug-likeness (QED) is 0.301. The van der Waals surface area contributed by atoms with Gasteiger partial charge in [0.05, 0.1) is 19.8 Å². The maximum atomic E-state index is 12.0. The first-order chi connectivity index (χ1) is 12.9. The van der Waals surface area contributed by atoms with Crippen LogP contribution in [-0.2, 0) is 20.9 Å². The summed E-state index contributed by atoms with van der Waals surface area (Å²) in [6.07, 6.45) is 7.04. The molecule has 0 radical (unpaired) electrons. The molecule has 150 valence electrons. The van der Waals surface area contributed by atoms with E-state index in [0.29, 0.717) is 26.2 Å². The lowest BCUT2D eigenvalue weighted by molar-refractivity contribution is -0.148. The van der Waals surface area contributed by atoms with Gasteiger partial charge in [-0.25, -0.2) is 0 Å². The second-order valence-corrected chi connectivity index (χ2v) is 7.08. The van der Waals surface area contributed by atoms with Crippen LogP contribution < -0.4 is 0 Å². The summed E-state index contributed by atoms with van der Waals surface area (Å²) >= 11 is 0. The predicted molar refractivity (Wildman–Crippen MR) is 112 cm³/mol. The normalized spacial score (nSPS) is 13.7. The van der Waals surface area contributed by atoms with Gasteiger partial charge in [-0.05, 0) is 59.7 Å². The first-order valence-electron chi connectivity index (χ1n) is 9.70. The number of rotatable bonds is 12. The van der Waals surface area contributed by atoms with Crippen molar-refractivity contribution < 1.29 is 14.3 Å². The van der Waals surface area contributed by atoms with Gasteiger partial charge in [0.15, 0.2) is 0 Å². The molecule has 0 spiro atoms. The van der Waals surface area contributed by atoms with Crippen LogP contribution in [0.3, 0.4) is 0 Å². The van der Waals surface area contributed by atoms with Crippen molar-refractivity contribution in [1.82, 2.24) is 4.90 Å². The zero-order valence-corrected chi connectivity index (χ0v) is 17.5. The van der Waals surface area contributed by atoms with Gasteiger partial charge in [0.2, 0.25) is 0 Å². The molecule has 0 saturated heterocycles. The number of benzene rings is 1. The Hall–Kier alpha value is -1.91. The summed E-state index contributed by atoms with van der Waals surface area (Å²) in [4.78, 5) is 14.0. The van der Waals surface area contributed by atoms with Crippen LogP contribution in [0.2, 0.25) is 0 Å². The maximum Gasteiger partial charge on any atom is 0.323 e. The van der Waals surface area contributed by atoms with Gasteiger partial charge >= 0.3 is 5.97 Å². The lowest BCUT2D eigenvalue weighted by Crippen LogP contribution is -2.37. The van der Waals surface area contributed by atoms with Crippen LogP contribution in [-0.4, -0.2) is 44.2 Å². The summed E-state index contributed by atoms with van der Waals surface area (Å²) in [5, 5.41) is 0. The molecule has 4 heteroatoms. The minimum absolute atomic E-state index is 0.151. The topological polar surface area (TPSA) is 38.8 Å². The van der Waals surface area contributed by atoms with E-state index in [9.17, 15) is 4.79 Å². The van der Waals surface area contributed by atoms with Gasteiger partial charge in [0.1, 0.15) is 6.04 Å². The van der Waals surface area contributed by atoms with E-state index < -0.39 is 0 Å². The Morgan fingerprint density at radius 1 is 1.11 bits per heavy atom. The maximum absolute atomic E-state index is 12.0. The lowest BCUT2D eigenvalue weighted by Gasteiger charge is -2.22. The number of ether oxygens (including phenoxy) is 2. The Bertz CT molecular complexity index is 605. The number of hydrogen-bond donors (Lipinski definition) is 0. The highest BCUT2D eigenvalue weighted by atomic mass is 16.5. The molecule has 0 N–H and O–H groups in total. The summed E-state index contributed by atoms with van der Waals surface area (Å²) in [6.45, 7) is 7.75. The van der Waals surface area contributed by atoms with Crippen molar-refractivity contribution in [2.24, 2.45) is 0 Å². The molecule has 1 rings (SSSR count). The van der Waals surface area contributed by atoms with E-state index in [1.807, 2.05) is 44.1 Å². The fraction of sp³-hybridized carbons (Fsp3) is 0.522. The van der Waals surface area contributed by atoms with Gasteiger partial charge in [0.25, 0.3) is 0 Å². The van der Waals surface area contributed by atoms with Gasteiger partial charge in [-0.2, -0.15) is 0 Å². The minimum atomic E-state index is -0.218. The molecular formula is C23H35NO3. The van der Waals surface area contributed by atoms with Crippen LogP contribution in [0.15, 0.2) is 53.6 Å². The van der Waals surface area contributed by atoms with Gasteiger partial charge in [-0.1, -0.05) is 53.6 Å². The Morgan fingerprint density at radius 2 is 1.81 bits per heavy atom. The predicted octanol–water partition coefficient (Wildman–Crippen LogP) is 4.76. The van der Waals surface area contributed by atoms with E-state index in [-0.39, 0.29) is 12.0 Å². The number of carbonyl (C=O) groups excluding carboxylic acids is 1. The highest BCUT2D eigenvalue weighted by Gasteiger charge is 2.22. The van der Waals surface area contributed by atoms with Crippen molar-refractivity contribution in [3.63, 3.8) is 0 Å². The molecule has 0 aliphatic rings. The van der Waals surface area contributed by atoms with Crippen LogP contribution >= 0.6 is 0 Å². The molecule has 1 aromatic carbocycles. The van der Waals surface area contributed by atoms with Crippen molar-refractivity contribution >= 4 is 5.97 Å². The zero-order valence-electron chi connectivity index (χ0n) is 17.5. The van der Waals surface area contributed by atoms with E-state index in [2.05, 4.69) is 38.1 Å². The fourth-order valence-corrected chi connectivity index (χ4v) is 2.70. The lowest BCUT2D eigenvalue weighted by atomic mass is 10.0. The van der Waals surface area contributed by atoms with Gasteiger partial charge in [-0.3, -0.25) is 9.69 Å². The molecule has 0 aliphatic heterocycles. The van der Waals surface area contributed by atoms with E-state index in [1.165, 1.54) is 16.7 Å². The van der Waals surface area contributed by atoms with Crippen LogP contribution in [0.5, 0.6) is 0 Å². The first-order valence-corrected chi connectivity index (χ1v) is 9.70. The average molecular weight is 374 g/mol. The molecule has 1 aromatic rings. The van der Waals surface area contributed by atoms with Crippen molar-refractivity contribution in [3.8, 4) is 0 Å². The highest BCUT2D eigenvalue weighted by Crippen LogP contribution is 2.14. The molecular weight excluding hydrogens is 338 g/mol. The highest BCUT2D eigenvalue weighted by molar-refractivity contribution is 5.76. The Kier molecular flexibility index (Phi) is 11.4. The van der Waals surface area contributed by atoms with Crippen LogP contribution in [0.4, 0.5) is 0 Å². The SMILES string of the molecule is CCOC(=O)C(C/C(C)=C/CC/C(C)=C/COCc1ccccc1)N(C)C. The average Bonchev–Trinajstić information content (AvgIpc) is 2.64. The summed E-state index contributed by atoms with van der Waals surface area (Å²) in [5.41, 5.74) is 3.73. The Labute approximate surface area is 164 Å². The number of allylic oxidation sites excluding steroid dienone is 2. The van der Waals surface area contributed by atoms with E-state index in [4.69, 9.17) is 9.47 Å². The Balaban J connectivity index is 2.34. The molecule has 1 unspecified atom stereocenters. The van der Waals surface area contributed by atoms with E-state index in [0.717, 1.165) is 12.8 Å². The summed E-state index contributed by atoms with van der Waals surface area (Å²) in [5.74, 6) is -0.151. The second kappa shape index (κ2) is 13.3. The minimum Gasteiger partial charge on any atom is -0.465 e. The largest absolute Gasteiger partial charge is 0.465 e. The molecule has 4 nitrogen and oxygen atoms in total.